The zero-order valence-electron chi connectivity index (χ0n) is 10.1. The number of hydrogen-bond donors (Lipinski definition) is 1. The van der Waals surface area contributed by atoms with Crippen LogP contribution in [0.25, 0.3) is 0 Å². The number of hydrogen-bond acceptors (Lipinski definition) is 3. The predicted molar refractivity (Wildman–Crippen MR) is 79.5 cm³/mol. The van der Waals surface area contributed by atoms with Gasteiger partial charge in [0.1, 0.15) is 0 Å². The van der Waals surface area contributed by atoms with Gasteiger partial charge in [0.25, 0.3) is 0 Å². The quantitative estimate of drug-likeness (QED) is 0.632. The minimum atomic E-state index is -0.851. The Morgan fingerprint density at radius 3 is 2.65 bits per heavy atom. The lowest BCUT2D eigenvalue weighted by Crippen LogP contribution is -2.01. The van der Waals surface area contributed by atoms with Gasteiger partial charge in [-0.15, -0.1) is 0 Å². The number of nitrogens with one attached hydrogen (secondary N) is 1. The van der Waals surface area contributed by atoms with Crippen molar-refractivity contribution in [2.24, 2.45) is 0 Å². The summed E-state index contributed by atoms with van der Waals surface area (Å²) in [5, 5.41) is 14.1. The number of nitrogens with zero attached hydrogens (tertiary/aromatic N) is 1. The number of halogens is 3. The van der Waals surface area contributed by atoms with E-state index in [0.717, 1.165) is 16.6 Å². The van der Waals surface area contributed by atoms with Gasteiger partial charge in [0.2, 0.25) is 5.82 Å². The highest BCUT2D eigenvalue weighted by molar-refractivity contribution is 9.10. The van der Waals surface area contributed by atoms with Crippen molar-refractivity contribution in [3.63, 3.8) is 0 Å². The Hall–Kier alpha value is -1.66. The van der Waals surface area contributed by atoms with E-state index in [1.54, 1.807) is 12.1 Å². The fraction of sp³-hybridized carbons (Fsp3) is 0.0769. The summed E-state index contributed by atoms with van der Waals surface area (Å²) in [5.74, 6) is -0.851. The first kappa shape index (κ1) is 14.7. The van der Waals surface area contributed by atoms with Crippen molar-refractivity contribution in [1.29, 1.82) is 0 Å². The number of nitro benzene ring substituents is 1. The Morgan fingerprint density at radius 1 is 1.30 bits per heavy atom. The molecule has 2 aromatic carbocycles. The van der Waals surface area contributed by atoms with Gasteiger partial charge in [-0.1, -0.05) is 33.6 Å². The van der Waals surface area contributed by atoms with Gasteiger partial charge >= 0.3 is 5.69 Å². The molecule has 0 saturated carbocycles. The average molecular weight is 360 g/mol. The van der Waals surface area contributed by atoms with E-state index >= 15 is 0 Å². The normalized spacial score (nSPS) is 10.3. The zero-order valence-corrected chi connectivity index (χ0v) is 12.4. The maximum Gasteiger partial charge on any atom is 0.304 e. The minimum absolute atomic E-state index is 0.316. The summed E-state index contributed by atoms with van der Waals surface area (Å²) >= 11 is 9.34. The monoisotopic (exact) mass is 358 g/mol. The van der Waals surface area contributed by atoms with E-state index in [2.05, 4.69) is 21.2 Å². The summed E-state index contributed by atoms with van der Waals surface area (Å²) < 4.78 is 14.3. The second-order valence-corrected chi connectivity index (χ2v) is 5.34. The van der Waals surface area contributed by atoms with Crippen molar-refractivity contribution < 1.29 is 9.31 Å². The Labute approximate surface area is 127 Å². The van der Waals surface area contributed by atoms with Gasteiger partial charge in [-0.25, -0.2) is 0 Å². The first-order chi connectivity index (χ1) is 9.47. The van der Waals surface area contributed by atoms with Crippen LogP contribution in [0.5, 0.6) is 0 Å². The molecule has 1 N–H and O–H groups in total. The van der Waals surface area contributed by atoms with Gasteiger partial charge in [-0.2, -0.15) is 4.39 Å². The standard InChI is InChI=1S/C13H9BrClFN2O2/c14-9-2-3-12(10(15)6-9)17-7-8-1-4-13(18(19)20)11(16)5-8/h1-6,17H,7H2. The van der Waals surface area contributed by atoms with Crippen LogP contribution < -0.4 is 5.32 Å². The summed E-state index contributed by atoms with van der Waals surface area (Å²) in [6.45, 7) is 0.316. The molecule has 0 aliphatic heterocycles. The number of anilines is 1. The van der Waals surface area contributed by atoms with Gasteiger partial charge in [0.15, 0.2) is 0 Å². The molecule has 0 fully saturated rings. The summed E-state index contributed by atoms with van der Waals surface area (Å²) in [6, 6.07) is 9.13. The van der Waals surface area contributed by atoms with E-state index in [1.807, 2.05) is 6.07 Å². The second-order valence-electron chi connectivity index (χ2n) is 4.02. The van der Waals surface area contributed by atoms with Crippen LogP contribution in [0.4, 0.5) is 15.8 Å². The lowest BCUT2D eigenvalue weighted by Gasteiger charge is -2.09. The lowest BCUT2D eigenvalue weighted by molar-refractivity contribution is -0.387. The first-order valence-electron chi connectivity index (χ1n) is 5.59. The average Bonchev–Trinajstić information content (AvgIpc) is 2.37. The topological polar surface area (TPSA) is 55.2 Å². The molecule has 0 radical (unpaired) electrons. The molecule has 2 aromatic rings. The highest BCUT2D eigenvalue weighted by Crippen LogP contribution is 2.26. The summed E-state index contributed by atoms with van der Waals surface area (Å²) in [5.41, 5.74) is 0.760. The van der Waals surface area contributed by atoms with Crippen LogP contribution in [0.15, 0.2) is 40.9 Å². The van der Waals surface area contributed by atoms with E-state index < -0.39 is 16.4 Å². The molecule has 20 heavy (non-hydrogen) atoms. The van der Waals surface area contributed by atoms with E-state index in [9.17, 15) is 14.5 Å². The molecule has 0 heterocycles. The molecule has 4 nitrogen and oxygen atoms in total. The molecule has 7 heteroatoms. The molecule has 0 aromatic heterocycles. The van der Waals surface area contributed by atoms with Crippen molar-refractivity contribution >= 4 is 38.9 Å². The van der Waals surface area contributed by atoms with Gasteiger partial charge in [-0.3, -0.25) is 10.1 Å². The van der Waals surface area contributed by atoms with Crippen LogP contribution >= 0.6 is 27.5 Å². The second kappa shape index (κ2) is 6.19. The highest BCUT2D eigenvalue weighted by Gasteiger charge is 2.13. The smallest absolute Gasteiger partial charge is 0.304 e. The Balaban J connectivity index is 2.11. The summed E-state index contributed by atoms with van der Waals surface area (Å²) in [7, 11) is 0. The van der Waals surface area contributed by atoms with Crippen LogP contribution in [-0.4, -0.2) is 4.92 Å². The third-order valence-corrected chi connectivity index (χ3v) is 3.43. The molecular formula is C13H9BrClFN2O2. The lowest BCUT2D eigenvalue weighted by atomic mass is 10.2. The van der Waals surface area contributed by atoms with Gasteiger partial charge in [-0.05, 0) is 29.8 Å². The molecule has 0 bridgehead atoms. The van der Waals surface area contributed by atoms with Crippen molar-refractivity contribution in [3.05, 3.63) is 67.4 Å². The fourth-order valence-corrected chi connectivity index (χ4v) is 2.38. The summed E-state index contributed by atoms with van der Waals surface area (Å²) in [4.78, 5) is 9.77. The van der Waals surface area contributed by atoms with Crippen LogP contribution in [0.2, 0.25) is 5.02 Å². The molecule has 0 spiro atoms. The largest absolute Gasteiger partial charge is 0.380 e. The molecule has 0 amide bonds. The third-order valence-electron chi connectivity index (χ3n) is 2.62. The van der Waals surface area contributed by atoms with Crippen LogP contribution in [0.3, 0.4) is 0 Å². The minimum Gasteiger partial charge on any atom is -0.380 e. The van der Waals surface area contributed by atoms with E-state index in [0.29, 0.717) is 22.8 Å². The first-order valence-corrected chi connectivity index (χ1v) is 6.76. The Kier molecular flexibility index (Phi) is 4.57. The van der Waals surface area contributed by atoms with Crippen LogP contribution in [0, 0.1) is 15.9 Å². The van der Waals surface area contributed by atoms with Gasteiger partial charge < -0.3 is 5.32 Å². The molecular weight excluding hydrogens is 351 g/mol. The SMILES string of the molecule is O=[N+]([O-])c1ccc(CNc2ccc(Br)cc2Cl)cc1F. The van der Waals surface area contributed by atoms with Crippen molar-refractivity contribution in [1.82, 2.24) is 0 Å². The molecule has 2 rings (SSSR count). The maximum atomic E-state index is 13.5. The van der Waals surface area contributed by atoms with E-state index in [1.165, 1.54) is 6.07 Å². The maximum absolute atomic E-state index is 13.5. The predicted octanol–water partition coefficient (Wildman–Crippen LogP) is 4.76. The van der Waals surface area contributed by atoms with Gasteiger partial charge in [0, 0.05) is 17.1 Å². The van der Waals surface area contributed by atoms with Gasteiger partial charge in [0.05, 0.1) is 15.6 Å². The van der Waals surface area contributed by atoms with Crippen molar-refractivity contribution in [2.45, 2.75) is 6.54 Å². The Morgan fingerprint density at radius 2 is 2.05 bits per heavy atom. The van der Waals surface area contributed by atoms with Crippen LogP contribution in [-0.2, 0) is 6.54 Å². The van der Waals surface area contributed by atoms with E-state index in [4.69, 9.17) is 11.6 Å². The van der Waals surface area contributed by atoms with Crippen molar-refractivity contribution in [2.75, 3.05) is 5.32 Å². The molecule has 104 valence electrons. The molecule has 0 atom stereocenters. The Bertz CT molecular complexity index is 667. The number of benzene rings is 2. The highest BCUT2D eigenvalue weighted by atomic mass is 79.9. The fourth-order valence-electron chi connectivity index (χ4n) is 1.64. The van der Waals surface area contributed by atoms with Crippen molar-refractivity contribution in [3.8, 4) is 0 Å². The van der Waals surface area contributed by atoms with Crippen LogP contribution in [0.1, 0.15) is 5.56 Å². The molecule has 0 aliphatic carbocycles. The third kappa shape index (κ3) is 3.46. The molecule has 0 aliphatic rings. The molecule has 0 unspecified atom stereocenters. The zero-order chi connectivity index (χ0) is 14.7. The summed E-state index contributed by atoms with van der Waals surface area (Å²) in [6.07, 6.45) is 0. The number of rotatable bonds is 4. The van der Waals surface area contributed by atoms with E-state index in [-0.39, 0.29) is 0 Å². The number of nitro groups is 1. The molecule has 0 saturated heterocycles.